The van der Waals surface area contributed by atoms with Crippen LogP contribution >= 0.6 is 0 Å². The van der Waals surface area contributed by atoms with Gasteiger partial charge in [0.25, 0.3) is 0 Å². The molecule has 3 heteroatoms. The molecule has 0 radical (unpaired) electrons. The predicted octanol–water partition coefficient (Wildman–Crippen LogP) is 2.84. The summed E-state index contributed by atoms with van der Waals surface area (Å²) in [5, 5.41) is 2.99. The Morgan fingerprint density at radius 3 is 2.83 bits per heavy atom. The Bertz CT molecular complexity index is 417. The van der Waals surface area contributed by atoms with E-state index in [1.165, 1.54) is 6.42 Å². The molecule has 3 nitrogen and oxygen atoms in total. The Labute approximate surface area is 109 Å². The third-order valence-corrected chi connectivity index (χ3v) is 3.69. The van der Waals surface area contributed by atoms with Crippen LogP contribution in [-0.2, 0) is 4.79 Å². The lowest BCUT2D eigenvalue weighted by atomic mass is 9.94. The average Bonchev–Trinajstić information content (AvgIpc) is 2.54. The van der Waals surface area contributed by atoms with E-state index in [0.29, 0.717) is 0 Å². The summed E-state index contributed by atoms with van der Waals surface area (Å²) in [5.74, 6) is 0.0445. The van der Waals surface area contributed by atoms with Gasteiger partial charge in [0, 0.05) is 11.7 Å². The second-order valence-electron chi connectivity index (χ2n) is 5.27. The number of nitrogens with two attached hydrogens (primary N) is 1. The van der Waals surface area contributed by atoms with Gasteiger partial charge in [-0.2, -0.15) is 0 Å². The summed E-state index contributed by atoms with van der Waals surface area (Å²) in [6.45, 7) is 2.02. The zero-order valence-electron chi connectivity index (χ0n) is 11.0. The number of benzene rings is 1. The van der Waals surface area contributed by atoms with E-state index >= 15 is 0 Å². The van der Waals surface area contributed by atoms with Crippen LogP contribution in [0.4, 0.5) is 5.69 Å². The van der Waals surface area contributed by atoms with Crippen molar-refractivity contribution in [2.24, 2.45) is 11.7 Å². The van der Waals surface area contributed by atoms with E-state index in [-0.39, 0.29) is 17.9 Å². The largest absolute Gasteiger partial charge is 0.327 e. The van der Waals surface area contributed by atoms with Gasteiger partial charge in [0.05, 0.1) is 5.92 Å². The maximum atomic E-state index is 12.3. The quantitative estimate of drug-likeness (QED) is 0.788. The zero-order chi connectivity index (χ0) is 13.0. The summed E-state index contributed by atoms with van der Waals surface area (Å²) in [6, 6.07) is 7.90. The van der Waals surface area contributed by atoms with Crippen LogP contribution in [0.1, 0.15) is 37.7 Å². The van der Waals surface area contributed by atoms with Crippen molar-refractivity contribution in [2.45, 2.75) is 45.1 Å². The lowest BCUT2D eigenvalue weighted by Crippen LogP contribution is -2.37. The number of nitrogens with one attached hydrogen (secondary N) is 1. The number of hydrogen-bond acceptors (Lipinski definition) is 2. The maximum Gasteiger partial charge on any atom is 0.229 e. The molecular weight excluding hydrogens is 224 g/mol. The third-order valence-electron chi connectivity index (χ3n) is 3.69. The molecule has 0 aromatic heterocycles. The van der Waals surface area contributed by atoms with Gasteiger partial charge in [0.2, 0.25) is 5.91 Å². The summed E-state index contributed by atoms with van der Waals surface area (Å²) in [4.78, 5) is 12.3. The van der Waals surface area contributed by atoms with Crippen LogP contribution in [0.15, 0.2) is 24.3 Å². The van der Waals surface area contributed by atoms with Crippen molar-refractivity contribution >= 4 is 11.6 Å². The van der Waals surface area contributed by atoms with Gasteiger partial charge >= 0.3 is 0 Å². The topological polar surface area (TPSA) is 55.1 Å². The van der Waals surface area contributed by atoms with E-state index in [0.717, 1.165) is 36.9 Å². The van der Waals surface area contributed by atoms with Crippen molar-refractivity contribution in [1.82, 2.24) is 0 Å². The summed E-state index contributed by atoms with van der Waals surface area (Å²) in [7, 11) is 0. The van der Waals surface area contributed by atoms with Gasteiger partial charge in [0.15, 0.2) is 0 Å². The molecule has 0 saturated heterocycles. The molecule has 2 rings (SSSR count). The SMILES string of the molecule is Cc1cccc(NC(=O)C2CCCCCC2N)c1. The monoisotopic (exact) mass is 246 g/mol. The van der Waals surface area contributed by atoms with Crippen LogP contribution in [0.2, 0.25) is 0 Å². The van der Waals surface area contributed by atoms with Crippen molar-refractivity contribution in [2.75, 3.05) is 5.32 Å². The average molecular weight is 246 g/mol. The van der Waals surface area contributed by atoms with Crippen LogP contribution < -0.4 is 11.1 Å². The molecule has 98 valence electrons. The molecule has 18 heavy (non-hydrogen) atoms. The predicted molar refractivity (Wildman–Crippen MR) is 74.4 cm³/mol. The highest BCUT2D eigenvalue weighted by atomic mass is 16.1. The number of hydrogen-bond donors (Lipinski definition) is 2. The highest BCUT2D eigenvalue weighted by molar-refractivity contribution is 5.93. The molecule has 2 atom stereocenters. The molecule has 2 unspecified atom stereocenters. The number of anilines is 1. The summed E-state index contributed by atoms with van der Waals surface area (Å²) >= 11 is 0. The molecule has 0 bridgehead atoms. The number of carbonyl (C=O) groups is 1. The van der Waals surface area contributed by atoms with Crippen LogP contribution in [0.3, 0.4) is 0 Å². The first-order valence-electron chi connectivity index (χ1n) is 6.80. The van der Waals surface area contributed by atoms with Gasteiger partial charge in [-0.3, -0.25) is 4.79 Å². The Morgan fingerprint density at radius 1 is 1.28 bits per heavy atom. The molecule has 3 N–H and O–H groups in total. The van der Waals surface area contributed by atoms with Gasteiger partial charge in [-0.25, -0.2) is 0 Å². The number of rotatable bonds is 2. The highest BCUT2D eigenvalue weighted by Gasteiger charge is 2.26. The van der Waals surface area contributed by atoms with E-state index in [2.05, 4.69) is 5.32 Å². The minimum atomic E-state index is -0.0342. The molecule has 1 aromatic rings. The molecule has 1 saturated carbocycles. The lowest BCUT2D eigenvalue weighted by molar-refractivity contribution is -0.120. The first-order valence-corrected chi connectivity index (χ1v) is 6.80. The van der Waals surface area contributed by atoms with E-state index in [1.807, 2.05) is 31.2 Å². The molecule has 1 aromatic carbocycles. The fourth-order valence-corrected chi connectivity index (χ4v) is 2.62. The van der Waals surface area contributed by atoms with Gasteiger partial charge in [-0.15, -0.1) is 0 Å². The van der Waals surface area contributed by atoms with Crippen LogP contribution in [-0.4, -0.2) is 11.9 Å². The first-order chi connectivity index (χ1) is 8.66. The summed E-state index contributed by atoms with van der Waals surface area (Å²) in [5.41, 5.74) is 8.13. The highest BCUT2D eigenvalue weighted by Crippen LogP contribution is 2.23. The second kappa shape index (κ2) is 6.01. The maximum absolute atomic E-state index is 12.3. The van der Waals surface area contributed by atoms with Gasteiger partial charge < -0.3 is 11.1 Å². The Morgan fingerprint density at radius 2 is 2.06 bits per heavy atom. The van der Waals surface area contributed by atoms with Crippen molar-refractivity contribution in [3.63, 3.8) is 0 Å². The number of carbonyl (C=O) groups excluding carboxylic acids is 1. The van der Waals surface area contributed by atoms with Crippen molar-refractivity contribution in [3.8, 4) is 0 Å². The minimum absolute atomic E-state index is 0.0114. The standard InChI is InChI=1S/C15H22N2O/c1-11-6-5-7-12(10-11)17-15(18)13-8-3-2-4-9-14(13)16/h5-7,10,13-14H,2-4,8-9,16H2,1H3,(H,17,18). The molecular formula is C15H22N2O. The summed E-state index contributed by atoms with van der Waals surface area (Å²) in [6.07, 6.45) is 5.33. The number of aryl methyl sites for hydroxylation is 1. The van der Waals surface area contributed by atoms with E-state index in [9.17, 15) is 4.79 Å². The van der Waals surface area contributed by atoms with Gasteiger partial charge in [-0.05, 0) is 37.5 Å². The molecule has 0 spiro atoms. The van der Waals surface area contributed by atoms with Crippen molar-refractivity contribution in [1.29, 1.82) is 0 Å². The first kappa shape index (κ1) is 13.1. The summed E-state index contributed by atoms with van der Waals surface area (Å²) < 4.78 is 0. The minimum Gasteiger partial charge on any atom is -0.327 e. The van der Waals surface area contributed by atoms with Gasteiger partial charge in [-0.1, -0.05) is 31.4 Å². The van der Waals surface area contributed by atoms with Crippen molar-refractivity contribution < 1.29 is 4.79 Å². The van der Waals surface area contributed by atoms with E-state index in [4.69, 9.17) is 5.73 Å². The zero-order valence-corrected chi connectivity index (χ0v) is 11.0. The Balaban J connectivity index is 2.02. The fraction of sp³-hybridized carbons (Fsp3) is 0.533. The lowest BCUT2D eigenvalue weighted by Gasteiger charge is -2.20. The third kappa shape index (κ3) is 3.33. The van der Waals surface area contributed by atoms with Crippen LogP contribution in [0.5, 0.6) is 0 Å². The molecule has 1 aliphatic carbocycles. The van der Waals surface area contributed by atoms with Crippen LogP contribution in [0.25, 0.3) is 0 Å². The smallest absolute Gasteiger partial charge is 0.229 e. The number of amides is 1. The molecule has 1 fully saturated rings. The van der Waals surface area contributed by atoms with E-state index < -0.39 is 0 Å². The van der Waals surface area contributed by atoms with E-state index in [1.54, 1.807) is 0 Å². The molecule has 1 amide bonds. The second-order valence-corrected chi connectivity index (χ2v) is 5.27. The Kier molecular flexibility index (Phi) is 4.37. The molecule has 0 heterocycles. The molecule has 1 aliphatic rings. The van der Waals surface area contributed by atoms with Crippen LogP contribution in [0, 0.1) is 12.8 Å². The van der Waals surface area contributed by atoms with Gasteiger partial charge in [0.1, 0.15) is 0 Å². The fourth-order valence-electron chi connectivity index (χ4n) is 2.62. The van der Waals surface area contributed by atoms with Crippen molar-refractivity contribution in [3.05, 3.63) is 29.8 Å². The normalized spacial score (nSPS) is 24.3. The molecule has 0 aliphatic heterocycles. The Hall–Kier alpha value is -1.35.